The summed E-state index contributed by atoms with van der Waals surface area (Å²) in [6.45, 7) is 2.64. The fourth-order valence-electron chi connectivity index (χ4n) is 2.88. The van der Waals surface area contributed by atoms with Crippen molar-refractivity contribution in [1.29, 1.82) is 5.26 Å². The molecule has 0 heterocycles. The van der Waals surface area contributed by atoms with Gasteiger partial charge in [-0.15, -0.1) is 0 Å². The summed E-state index contributed by atoms with van der Waals surface area (Å²) in [6, 6.07) is 18.5. The summed E-state index contributed by atoms with van der Waals surface area (Å²) in [5, 5.41) is 11.3. The first-order valence-electron chi connectivity index (χ1n) is 9.32. The zero-order valence-electron chi connectivity index (χ0n) is 16.5. The molecule has 0 bridgehead atoms. The summed E-state index contributed by atoms with van der Waals surface area (Å²) >= 11 is 20.7. The highest BCUT2D eigenvalue weighted by Gasteiger charge is 2.14. The Morgan fingerprint density at radius 3 is 2.48 bits per heavy atom. The molecule has 0 amide bonds. The van der Waals surface area contributed by atoms with Crippen molar-refractivity contribution in [2.75, 3.05) is 6.61 Å². The van der Waals surface area contributed by atoms with E-state index in [1.165, 1.54) is 0 Å². The predicted octanol–water partition coefficient (Wildman–Crippen LogP) is 8.29. The maximum atomic E-state index is 9.66. The molecule has 0 saturated carbocycles. The topological polar surface area (TPSA) is 42.2 Å². The van der Waals surface area contributed by atoms with Crippen LogP contribution in [-0.4, -0.2) is 6.61 Å². The van der Waals surface area contributed by atoms with Crippen molar-refractivity contribution in [1.82, 2.24) is 0 Å². The van der Waals surface area contributed by atoms with Gasteiger partial charge in [-0.05, 0) is 71.5 Å². The molecule has 0 aromatic heterocycles. The lowest BCUT2D eigenvalue weighted by atomic mass is 10.0. The van der Waals surface area contributed by atoms with Gasteiger partial charge < -0.3 is 9.47 Å². The zero-order chi connectivity index (χ0) is 22.4. The number of nitrogens with zero attached hydrogens (tertiary/aromatic N) is 1. The number of benzene rings is 3. The van der Waals surface area contributed by atoms with Crippen molar-refractivity contribution in [3.8, 4) is 17.6 Å². The van der Waals surface area contributed by atoms with E-state index in [1.54, 1.807) is 24.3 Å². The summed E-state index contributed by atoms with van der Waals surface area (Å²) in [5.41, 5.74) is 2.77. The number of nitriles is 1. The Bertz CT molecular complexity index is 1170. The number of allylic oxidation sites excluding steroid dienone is 1. The monoisotopic (exact) mass is 583 g/mol. The molecule has 0 fully saturated rings. The van der Waals surface area contributed by atoms with Crippen LogP contribution in [0.5, 0.6) is 11.5 Å². The highest BCUT2D eigenvalue weighted by Crippen LogP contribution is 2.37. The van der Waals surface area contributed by atoms with E-state index in [1.807, 2.05) is 43.3 Å². The molecular formula is C24H17Cl3INO2. The Morgan fingerprint density at radius 1 is 1.03 bits per heavy atom. The van der Waals surface area contributed by atoms with E-state index in [-0.39, 0.29) is 6.61 Å². The van der Waals surface area contributed by atoms with E-state index in [0.29, 0.717) is 44.3 Å². The SMILES string of the molecule is CCOc1cc(C=C(C#N)c2ccccc2Cl)cc(I)c1OCc1ccc(Cl)cc1Cl. The Morgan fingerprint density at radius 2 is 1.81 bits per heavy atom. The van der Waals surface area contributed by atoms with Crippen molar-refractivity contribution in [3.63, 3.8) is 0 Å². The van der Waals surface area contributed by atoms with Gasteiger partial charge in [0.1, 0.15) is 6.61 Å². The number of halogens is 4. The van der Waals surface area contributed by atoms with Crippen LogP contribution < -0.4 is 9.47 Å². The van der Waals surface area contributed by atoms with Gasteiger partial charge in [0.25, 0.3) is 0 Å². The third kappa shape index (κ3) is 6.08. The largest absolute Gasteiger partial charge is 0.490 e. The number of rotatable bonds is 7. The molecule has 3 nitrogen and oxygen atoms in total. The summed E-state index contributed by atoms with van der Waals surface area (Å²) in [5.74, 6) is 1.20. The Kier molecular flexibility index (Phi) is 8.50. The molecule has 0 unspecified atom stereocenters. The van der Waals surface area contributed by atoms with Crippen LogP contribution in [0.4, 0.5) is 0 Å². The number of ether oxygens (including phenoxy) is 2. The zero-order valence-corrected chi connectivity index (χ0v) is 20.9. The second-order valence-electron chi connectivity index (χ2n) is 6.44. The van der Waals surface area contributed by atoms with Crippen LogP contribution in [0.15, 0.2) is 54.6 Å². The smallest absolute Gasteiger partial charge is 0.175 e. The highest BCUT2D eigenvalue weighted by molar-refractivity contribution is 14.1. The average molecular weight is 585 g/mol. The minimum Gasteiger partial charge on any atom is -0.490 e. The van der Waals surface area contributed by atoms with E-state index in [2.05, 4.69) is 28.7 Å². The van der Waals surface area contributed by atoms with E-state index >= 15 is 0 Å². The fraction of sp³-hybridized carbons (Fsp3) is 0.125. The predicted molar refractivity (Wildman–Crippen MR) is 136 cm³/mol. The molecule has 0 aliphatic rings. The molecule has 0 spiro atoms. The van der Waals surface area contributed by atoms with Crippen molar-refractivity contribution in [2.24, 2.45) is 0 Å². The molecular weight excluding hydrogens is 568 g/mol. The van der Waals surface area contributed by atoms with E-state index in [0.717, 1.165) is 14.7 Å². The van der Waals surface area contributed by atoms with Gasteiger partial charge in [0, 0.05) is 26.2 Å². The van der Waals surface area contributed by atoms with Crippen LogP contribution in [0.3, 0.4) is 0 Å². The highest BCUT2D eigenvalue weighted by atomic mass is 127. The van der Waals surface area contributed by atoms with Crippen molar-refractivity contribution < 1.29 is 9.47 Å². The van der Waals surface area contributed by atoms with Crippen molar-refractivity contribution >= 4 is 69.0 Å². The first kappa shape index (κ1) is 23.7. The first-order valence-corrected chi connectivity index (χ1v) is 11.5. The van der Waals surface area contributed by atoms with Crippen LogP contribution in [0.1, 0.15) is 23.6 Å². The minimum atomic E-state index is 0.268. The van der Waals surface area contributed by atoms with Crippen LogP contribution in [0, 0.1) is 14.9 Å². The molecule has 0 radical (unpaired) electrons. The van der Waals surface area contributed by atoms with Crippen LogP contribution in [0.2, 0.25) is 15.1 Å². The second kappa shape index (κ2) is 11.1. The van der Waals surface area contributed by atoms with E-state index < -0.39 is 0 Å². The molecule has 0 atom stereocenters. The van der Waals surface area contributed by atoms with E-state index in [9.17, 15) is 5.26 Å². The van der Waals surface area contributed by atoms with Gasteiger partial charge in [0.05, 0.1) is 21.8 Å². The Labute approximate surface area is 210 Å². The standard InChI is InChI=1S/C24H17Cl3INO2/c1-2-30-23-11-15(9-17(13-29)19-5-3-4-6-20(19)26)10-22(28)24(23)31-14-16-7-8-18(25)12-21(16)27/h3-12H,2,14H2,1H3. The molecule has 3 aromatic rings. The van der Waals surface area contributed by atoms with Gasteiger partial charge in [-0.25, -0.2) is 0 Å². The van der Waals surface area contributed by atoms with Gasteiger partial charge in [-0.2, -0.15) is 5.26 Å². The van der Waals surface area contributed by atoms with Crippen LogP contribution in [0.25, 0.3) is 11.6 Å². The Hall–Kier alpha value is -1.91. The molecule has 0 aliphatic carbocycles. The van der Waals surface area contributed by atoms with Crippen molar-refractivity contribution in [2.45, 2.75) is 13.5 Å². The second-order valence-corrected chi connectivity index (χ2v) is 8.85. The van der Waals surface area contributed by atoms with Crippen molar-refractivity contribution in [3.05, 3.63) is 89.9 Å². The summed E-state index contributed by atoms with van der Waals surface area (Å²) < 4.78 is 12.7. The first-order chi connectivity index (χ1) is 14.9. The molecule has 0 N–H and O–H groups in total. The van der Waals surface area contributed by atoms with Gasteiger partial charge in [0.15, 0.2) is 11.5 Å². The molecule has 7 heteroatoms. The van der Waals surface area contributed by atoms with E-state index in [4.69, 9.17) is 44.3 Å². The maximum absolute atomic E-state index is 9.66. The molecule has 0 saturated heterocycles. The van der Waals surface area contributed by atoms with Gasteiger partial charge in [-0.3, -0.25) is 0 Å². The molecule has 3 rings (SSSR count). The normalized spacial score (nSPS) is 11.2. The van der Waals surface area contributed by atoms with Crippen LogP contribution in [-0.2, 0) is 6.61 Å². The maximum Gasteiger partial charge on any atom is 0.175 e. The molecule has 0 aliphatic heterocycles. The lowest BCUT2D eigenvalue weighted by Crippen LogP contribution is -2.02. The summed E-state index contributed by atoms with van der Waals surface area (Å²) in [6.07, 6.45) is 1.78. The third-order valence-corrected chi connectivity index (χ3v) is 6.03. The summed E-state index contributed by atoms with van der Waals surface area (Å²) in [4.78, 5) is 0. The number of hydrogen-bond donors (Lipinski definition) is 0. The quantitative estimate of drug-likeness (QED) is 0.159. The van der Waals surface area contributed by atoms with Gasteiger partial charge >= 0.3 is 0 Å². The average Bonchev–Trinajstić information content (AvgIpc) is 2.73. The third-order valence-electron chi connectivity index (χ3n) is 4.31. The molecule has 31 heavy (non-hydrogen) atoms. The van der Waals surface area contributed by atoms with Crippen LogP contribution >= 0.6 is 57.4 Å². The fourth-order valence-corrected chi connectivity index (χ4v) is 4.36. The summed E-state index contributed by atoms with van der Waals surface area (Å²) in [7, 11) is 0. The number of hydrogen-bond acceptors (Lipinski definition) is 3. The lowest BCUT2D eigenvalue weighted by molar-refractivity contribution is 0.267. The lowest BCUT2D eigenvalue weighted by Gasteiger charge is -2.15. The minimum absolute atomic E-state index is 0.268. The van der Waals surface area contributed by atoms with Gasteiger partial charge in [0.2, 0.25) is 0 Å². The Balaban J connectivity index is 1.94. The molecule has 158 valence electrons. The van der Waals surface area contributed by atoms with Gasteiger partial charge in [-0.1, -0.05) is 59.1 Å². The molecule has 3 aromatic carbocycles.